The van der Waals surface area contributed by atoms with Gasteiger partial charge in [-0.2, -0.15) is 0 Å². The van der Waals surface area contributed by atoms with E-state index in [1.807, 2.05) is 12.1 Å². The number of hydrogen-bond donors (Lipinski definition) is 1. The molecule has 2 rings (SSSR count). The van der Waals surface area contributed by atoms with Gasteiger partial charge in [0.05, 0.1) is 6.04 Å². The van der Waals surface area contributed by atoms with Crippen LogP contribution >= 0.6 is 15.9 Å². The minimum absolute atomic E-state index is 0.0643. The van der Waals surface area contributed by atoms with E-state index in [0.29, 0.717) is 5.92 Å². The highest BCUT2D eigenvalue weighted by Crippen LogP contribution is 2.23. The minimum atomic E-state index is -0.0643. The zero-order valence-electron chi connectivity index (χ0n) is 11.4. The van der Waals surface area contributed by atoms with Crippen molar-refractivity contribution in [1.29, 1.82) is 0 Å². The number of rotatable bonds is 4. The zero-order chi connectivity index (χ0) is 13.8. The molecule has 0 aliphatic carbocycles. The van der Waals surface area contributed by atoms with Gasteiger partial charge in [-0.15, -0.1) is 0 Å². The van der Waals surface area contributed by atoms with Crippen LogP contribution in [0.3, 0.4) is 0 Å². The molecule has 2 aromatic rings. The smallest absolute Gasteiger partial charge is 0.0552 e. The van der Waals surface area contributed by atoms with Crippen molar-refractivity contribution < 1.29 is 0 Å². The van der Waals surface area contributed by atoms with E-state index in [-0.39, 0.29) is 6.04 Å². The third-order valence-electron chi connectivity index (χ3n) is 3.19. The van der Waals surface area contributed by atoms with Crippen molar-refractivity contribution in [1.82, 2.24) is 0 Å². The molecular weight excluding hydrogens is 298 g/mol. The number of benzene rings is 2. The van der Waals surface area contributed by atoms with Crippen LogP contribution in [-0.4, -0.2) is 0 Å². The molecule has 0 spiro atoms. The van der Waals surface area contributed by atoms with Crippen molar-refractivity contribution in [3.8, 4) is 0 Å². The summed E-state index contributed by atoms with van der Waals surface area (Å²) in [5.74, 6) is 0.685. The van der Waals surface area contributed by atoms with Gasteiger partial charge < -0.3 is 5.73 Å². The summed E-state index contributed by atoms with van der Waals surface area (Å²) in [4.78, 5) is 0. The lowest BCUT2D eigenvalue weighted by Crippen LogP contribution is -2.11. The van der Waals surface area contributed by atoms with Gasteiger partial charge in [-0.25, -0.2) is 0 Å². The van der Waals surface area contributed by atoms with Crippen LogP contribution < -0.4 is 5.73 Å². The first kappa shape index (κ1) is 14.3. The first-order valence-corrected chi connectivity index (χ1v) is 7.45. The summed E-state index contributed by atoms with van der Waals surface area (Å²) >= 11 is 3.49. The molecule has 0 aliphatic rings. The highest BCUT2D eigenvalue weighted by atomic mass is 79.9. The largest absolute Gasteiger partial charge is 0.320 e. The van der Waals surface area contributed by atoms with Gasteiger partial charge >= 0.3 is 0 Å². The Bertz CT molecular complexity index is 531. The van der Waals surface area contributed by atoms with Gasteiger partial charge in [0.25, 0.3) is 0 Å². The summed E-state index contributed by atoms with van der Waals surface area (Å²) in [6, 6.07) is 16.8. The molecule has 1 atom stereocenters. The monoisotopic (exact) mass is 317 g/mol. The second-order valence-electron chi connectivity index (χ2n) is 5.37. The van der Waals surface area contributed by atoms with Gasteiger partial charge in [-0.3, -0.25) is 0 Å². The quantitative estimate of drug-likeness (QED) is 0.869. The molecule has 0 fully saturated rings. The van der Waals surface area contributed by atoms with Gasteiger partial charge in [0.15, 0.2) is 0 Å². The van der Waals surface area contributed by atoms with Gasteiger partial charge in [0, 0.05) is 4.47 Å². The Morgan fingerprint density at radius 2 is 1.68 bits per heavy atom. The fourth-order valence-electron chi connectivity index (χ4n) is 2.22. The lowest BCUT2D eigenvalue weighted by atomic mass is 9.96. The number of halogens is 1. The van der Waals surface area contributed by atoms with E-state index < -0.39 is 0 Å². The SMILES string of the molecule is CC(C)Cc1ccc(C(N)c2cccc(Br)c2)cc1. The molecule has 2 heteroatoms. The van der Waals surface area contributed by atoms with Crippen molar-refractivity contribution in [3.63, 3.8) is 0 Å². The van der Waals surface area contributed by atoms with Gasteiger partial charge in [0.2, 0.25) is 0 Å². The summed E-state index contributed by atoms with van der Waals surface area (Å²) in [6.45, 7) is 4.47. The predicted octanol–water partition coefficient (Wildman–Crippen LogP) is 4.70. The summed E-state index contributed by atoms with van der Waals surface area (Å²) in [7, 11) is 0. The van der Waals surface area contributed by atoms with E-state index in [0.717, 1.165) is 22.0 Å². The van der Waals surface area contributed by atoms with Crippen LogP contribution in [0.1, 0.15) is 36.6 Å². The molecule has 0 aliphatic heterocycles. The lowest BCUT2D eigenvalue weighted by Gasteiger charge is -2.14. The molecule has 0 saturated heterocycles. The van der Waals surface area contributed by atoms with Gasteiger partial charge in [0.1, 0.15) is 0 Å². The zero-order valence-corrected chi connectivity index (χ0v) is 13.0. The highest BCUT2D eigenvalue weighted by molar-refractivity contribution is 9.10. The first-order chi connectivity index (χ1) is 9.06. The van der Waals surface area contributed by atoms with E-state index in [9.17, 15) is 0 Å². The Hall–Kier alpha value is -1.12. The summed E-state index contributed by atoms with van der Waals surface area (Å²) in [5, 5.41) is 0. The second kappa shape index (κ2) is 6.36. The van der Waals surface area contributed by atoms with Crippen LogP contribution in [0.5, 0.6) is 0 Å². The van der Waals surface area contributed by atoms with Crippen LogP contribution in [0.2, 0.25) is 0 Å². The normalized spacial score (nSPS) is 12.7. The maximum atomic E-state index is 6.32. The van der Waals surface area contributed by atoms with Crippen molar-refractivity contribution in [3.05, 3.63) is 69.7 Å². The van der Waals surface area contributed by atoms with E-state index >= 15 is 0 Å². The minimum Gasteiger partial charge on any atom is -0.320 e. The first-order valence-electron chi connectivity index (χ1n) is 6.66. The van der Waals surface area contributed by atoms with Crippen LogP contribution in [0.4, 0.5) is 0 Å². The van der Waals surface area contributed by atoms with Crippen molar-refractivity contribution >= 4 is 15.9 Å². The topological polar surface area (TPSA) is 26.0 Å². The maximum Gasteiger partial charge on any atom is 0.0552 e. The van der Waals surface area contributed by atoms with E-state index in [2.05, 4.69) is 66.2 Å². The Morgan fingerprint density at radius 3 is 2.26 bits per heavy atom. The second-order valence-corrected chi connectivity index (χ2v) is 6.29. The molecular formula is C17H20BrN. The third kappa shape index (κ3) is 3.92. The van der Waals surface area contributed by atoms with Crippen LogP contribution in [0.15, 0.2) is 53.0 Å². The molecule has 0 heterocycles. The molecule has 19 heavy (non-hydrogen) atoms. The lowest BCUT2D eigenvalue weighted by molar-refractivity contribution is 0.647. The Balaban J connectivity index is 2.17. The molecule has 2 aromatic carbocycles. The van der Waals surface area contributed by atoms with Gasteiger partial charge in [-0.05, 0) is 41.2 Å². The molecule has 0 bridgehead atoms. The van der Waals surface area contributed by atoms with Crippen LogP contribution in [0.25, 0.3) is 0 Å². The number of nitrogens with two attached hydrogens (primary N) is 1. The standard InChI is InChI=1S/C17H20BrN/c1-12(2)10-13-6-8-14(9-7-13)17(19)15-4-3-5-16(18)11-15/h3-9,11-12,17H,10,19H2,1-2H3. The van der Waals surface area contributed by atoms with Crippen LogP contribution in [0, 0.1) is 5.92 Å². The molecule has 1 nitrogen and oxygen atoms in total. The predicted molar refractivity (Wildman–Crippen MR) is 85.2 cm³/mol. The van der Waals surface area contributed by atoms with Crippen molar-refractivity contribution in [2.45, 2.75) is 26.3 Å². The van der Waals surface area contributed by atoms with Crippen LogP contribution in [-0.2, 0) is 6.42 Å². The fourth-order valence-corrected chi connectivity index (χ4v) is 2.64. The molecule has 0 radical (unpaired) electrons. The fraction of sp³-hybridized carbons (Fsp3) is 0.294. The Kier molecular flexibility index (Phi) is 4.78. The Labute approximate surface area is 124 Å². The van der Waals surface area contributed by atoms with E-state index in [4.69, 9.17) is 5.73 Å². The van der Waals surface area contributed by atoms with Gasteiger partial charge in [-0.1, -0.05) is 66.2 Å². The molecule has 100 valence electrons. The van der Waals surface area contributed by atoms with Crippen molar-refractivity contribution in [2.24, 2.45) is 11.7 Å². The highest BCUT2D eigenvalue weighted by Gasteiger charge is 2.09. The van der Waals surface area contributed by atoms with Crippen molar-refractivity contribution in [2.75, 3.05) is 0 Å². The third-order valence-corrected chi connectivity index (χ3v) is 3.68. The molecule has 2 N–H and O–H groups in total. The molecule has 0 saturated carbocycles. The van der Waals surface area contributed by atoms with E-state index in [1.54, 1.807) is 0 Å². The number of hydrogen-bond acceptors (Lipinski definition) is 1. The molecule has 1 unspecified atom stereocenters. The summed E-state index contributed by atoms with van der Waals surface area (Å²) in [5.41, 5.74) is 9.98. The summed E-state index contributed by atoms with van der Waals surface area (Å²) < 4.78 is 1.07. The Morgan fingerprint density at radius 1 is 1.00 bits per heavy atom. The maximum absolute atomic E-state index is 6.32. The summed E-state index contributed by atoms with van der Waals surface area (Å²) in [6.07, 6.45) is 1.12. The van der Waals surface area contributed by atoms with E-state index in [1.165, 1.54) is 5.56 Å². The average Bonchev–Trinajstić information content (AvgIpc) is 2.38. The average molecular weight is 318 g/mol. The molecule has 0 amide bonds. The molecule has 0 aromatic heterocycles.